The number of carbonyl (C=O) groups excluding carboxylic acids is 1. The highest BCUT2D eigenvalue weighted by Gasteiger charge is 2.62. The number of hydrogen-bond acceptors (Lipinski definition) is 3. The molecule has 0 unspecified atom stereocenters. The Kier molecular flexibility index (Phi) is 3.44. The molecule has 3 aliphatic carbocycles. The van der Waals surface area contributed by atoms with Crippen LogP contribution < -0.4 is 0 Å². The maximum absolute atomic E-state index is 12.4. The van der Waals surface area contributed by atoms with E-state index in [0.717, 1.165) is 38.5 Å². The van der Waals surface area contributed by atoms with Gasteiger partial charge in [-0.2, -0.15) is 0 Å². The molecule has 0 saturated heterocycles. The van der Waals surface area contributed by atoms with Crippen LogP contribution in [0.1, 0.15) is 65.7 Å². The second-order valence-corrected chi connectivity index (χ2v) is 8.51. The van der Waals surface area contributed by atoms with Gasteiger partial charge in [-0.1, -0.05) is 13.3 Å². The Morgan fingerprint density at radius 3 is 2.43 bits per heavy atom. The highest BCUT2D eigenvalue weighted by atomic mass is 16.5. The van der Waals surface area contributed by atoms with Crippen LogP contribution in [0.2, 0.25) is 0 Å². The zero-order valence-corrected chi connectivity index (χ0v) is 13.9. The molecule has 0 aliphatic heterocycles. The number of aliphatic hydroxyl groups is 1. The molecule has 0 radical (unpaired) electrons. The standard InChI is InChI=1S/C18H30O3/c1-16-9-5-10-17(2,15(19)21-4)14(16)7-6-13-12(16)8-11-18(13,3)20/h12-14,20H,5-11H2,1-4H3/t12-,13+,14+,16+,17+,18-/m0/s1. The van der Waals surface area contributed by atoms with Crippen molar-refractivity contribution in [3.05, 3.63) is 0 Å². The fraction of sp³-hybridized carbons (Fsp3) is 0.944. The molecule has 0 aromatic carbocycles. The van der Waals surface area contributed by atoms with Gasteiger partial charge < -0.3 is 9.84 Å². The second-order valence-electron chi connectivity index (χ2n) is 8.51. The number of carbonyl (C=O) groups is 1. The Morgan fingerprint density at radius 1 is 1.05 bits per heavy atom. The molecule has 3 aliphatic rings. The van der Waals surface area contributed by atoms with Crippen LogP contribution in [0.15, 0.2) is 0 Å². The van der Waals surface area contributed by atoms with Crippen LogP contribution in [0.3, 0.4) is 0 Å². The summed E-state index contributed by atoms with van der Waals surface area (Å²) in [5.74, 6) is 1.36. The monoisotopic (exact) mass is 294 g/mol. The van der Waals surface area contributed by atoms with Crippen molar-refractivity contribution in [2.75, 3.05) is 7.11 Å². The fourth-order valence-electron chi connectivity index (χ4n) is 6.40. The summed E-state index contributed by atoms with van der Waals surface area (Å²) >= 11 is 0. The van der Waals surface area contributed by atoms with Crippen LogP contribution >= 0.6 is 0 Å². The maximum atomic E-state index is 12.4. The molecule has 1 N–H and O–H groups in total. The van der Waals surface area contributed by atoms with Crippen LogP contribution in [0.5, 0.6) is 0 Å². The largest absolute Gasteiger partial charge is 0.469 e. The smallest absolute Gasteiger partial charge is 0.311 e. The number of hydrogen-bond donors (Lipinski definition) is 1. The first-order valence-corrected chi connectivity index (χ1v) is 8.56. The van der Waals surface area contributed by atoms with Gasteiger partial charge in [0.15, 0.2) is 0 Å². The molecule has 3 fully saturated rings. The third kappa shape index (κ3) is 1.99. The van der Waals surface area contributed by atoms with E-state index in [1.54, 1.807) is 0 Å². The van der Waals surface area contributed by atoms with Crippen molar-refractivity contribution in [1.82, 2.24) is 0 Å². The summed E-state index contributed by atoms with van der Waals surface area (Å²) in [5, 5.41) is 10.7. The van der Waals surface area contributed by atoms with E-state index in [2.05, 4.69) is 13.8 Å². The van der Waals surface area contributed by atoms with Gasteiger partial charge in [0.05, 0.1) is 18.1 Å². The number of esters is 1. The average Bonchev–Trinajstić information content (AvgIpc) is 2.74. The lowest BCUT2D eigenvalue weighted by Crippen LogP contribution is -2.55. The summed E-state index contributed by atoms with van der Waals surface area (Å²) in [7, 11) is 1.52. The van der Waals surface area contributed by atoms with Crippen molar-refractivity contribution in [3.8, 4) is 0 Å². The summed E-state index contributed by atoms with van der Waals surface area (Å²) in [6.45, 7) is 6.52. The van der Waals surface area contributed by atoms with Gasteiger partial charge >= 0.3 is 5.97 Å². The molecule has 3 rings (SSSR count). The van der Waals surface area contributed by atoms with E-state index in [1.807, 2.05) is 6.92 Å². The SMILES string of the molecule is COC(=O)[C@]1(C)CCC[C@@]2(C)[C@H]1CC[C@@H]1[C@@H]2CC[C@]1(C)O. The zero-order valence-electron chi connectivity index (χ0n) is 13.9. The molecule has 0 heterocycles. The maximum Gasteiger partial charge on any atom is 0.311 e. The van der Waals surface area contributed by atoms with E-state index in [-0.39, 0.29) is 16.8 Å². The Hall–Kier alpha value is -0.570. The number of methoxy groups -OCH3 is 1. The van der Waals surface area contributed by atoms with Crippen molar-refractivity contribution >= 4 is 5.97 Å². The van der Waals surface area contributed by atoms with E-state index in [0.29, 0.717) is 17.8 Å². The molecule has 0 aromatic rings. The molecule has 3 saturated carbocycles. The van der Waals surface area contributed by atoms with Gasteiger partial charge in [-0.25, -0.2) is 0 Å². The van der Waals surface area contributed by atoms with E-state index >= 15 is 0 Å². The van der Waals surface area contributed by atoms with E-state index in [1.165, 1.54) is 13.5 Å². The predicted octanol–water partition coefficient (Wildman–Crippen LogP) is 3.54. The van der Waals surface area contributed by atoms with Crippen molar-refractivity contribution < 1.29 is 14.6 Å². The molecular weight excluding hydrogens is 264 g/mol. The third-order valence-electron chi connectivity index (χ3n) is 7.49. The van der Waals surface area contributed by atoms with Gasteiger partial charge in [-0.05, 0) is 75.5 Å². The molecule has 0 spiro atoms. The Morgan fingerprint density at radius 2 is 1.76 bits per heavy atom. The normalized spacial score (nSPS) is 52.9. The Balaban J connectivity index is 1.96. The number of fused-ring (bicyclic) bond motifs is 3. The fourth-order valence-corrected chi connectivity index (χ4v) is 6.40. The summed E-state index contributed by atoms with van der Waals surface area (Å²) in [6.07, 6.45) is 7.39. The van der Waals surface area contributed by atoms with Crippen molar-refractivity contribution in [2.24, 2.45) is 28.6 Å². The van der Waals surface area contributed by atoms with Crippen molar-refractivity contribution in [2.45, 2.75) is 71.3 Å². The van der Waals surface area contributed by atoms with Gasteiger partial charge in [0.1, 0.15) is 0 Å². The Labute approximate surface area is 128 Å². The number of ether oxygens (including phenoxy) is 1. The van der Waals surface area contributed by atoms with Gasteiger partial charge in [0, 0.05) is 0 Å². The molecule has 0 amide bonds. The summed E-state index contributed by atoms with van der Waals surface area (Å²) in [5.41, 5.74) is -0.649. The quantitative estimate of drug-likeness (QED) is 0.752. The number of rotatable bonds is 1. The lowest BCUT2D eigenvalue weighted by atomic mass is 9.46. The Bertz CT molecular complexity index is 444. The molecule has 0 bridgehead atoms. The molecule has 3 heteroatoms. The minimum absolute atomic E-state index is 0.0263. The highest BCUT2D eigenvalue weighted by molar-refractivity contribution is 5.77. The third-order valence-corrected chi connectivity index (χ3v) is 7.49. The summed E-state index contributed by atoms with van der Waals surface area (Å²) in [6, 6.07) is 0. The van der Waals surface area contributed by atoms with Gasteiger partial charge in [0.2, 0.25) is 0 Å². The van der Waals surface area contributed by atoms with Gasteiger partial charge in [-0.3, -0.25) is 4.79 Å². The van der Waals surface area contributed by atoms with E-state index in [9.17, 15) is 9.90 Å². The molecule has 0 aromatic heterocycles. The topological polar surface area (TPSA) is 46.5 Å². The molecule has 21 heavy (non-hydrogen) atoms. The van der Waals surface area contributed by atoms with Crippen molar-refractivity contribution in [3.63, 3.8) is 0 Å². The van der Waals surface area contributed by atoms with Crippen molar-refractivity contribution in [1.29, 1.82) is 0 Å². The average molecular weight is 294 g/mol. The summed E-state index contributed by atoms with van der Waals surface area (Å²) < 4.78 is 5.15. The molecule has 120 valence electrons. The first-order chi connectivity index (χ1) is 9.75. The van der Waals surface area contributed by atoms with Gasteiger partial charge in [-0.15, -0.1) is 0 Å². The van der Waals surface area contributed by atoms with Crippen LogP contribution in [0.4, 0.5) is 0 Å². The van der Waals surface area contributed by atoms with Crippen LogP contribution in [-0.2, 0) is 9.53 Å². The van der Waals surface area contributed by atoms with Crippen LogP contribution in [0.25, 0.3) is 0 Å². The zero-order chi connectivity index (χ0) is 15.5. The lowest BCUT2D eigenvalue weighted by molar-refractivity contribution is -0.175. The predicted molar refractivity (Wildman–Crippen MR) is 81.6 cm³/mol. The van der Waals surface area contributed by atoms with E-state index in [4.69, 9.17) is 4.74 Å². The molecule has 3 nitrogen and oxygen atoms in total. The molecule has 6 atom stereocenters. The van der Waals surface area contributed by atoms with Gasteiger partial charge in [0.25, 0.3) is 0 Å². The summed E-state index contributed by atoms with van der Waals surface area (Å²) in [4.78, 5) is 12.4. The first-order valence-electron chi connectivity index (χ1n) is 8.56. The minimum Gasteiger partial charge on any atom is -0.469 e. The minimum atomic E-state index is -0.502. The lowest BCUT2D eigenvalue weighted by Gasteiger charge is -2.58. The first kappa shape index (κ1) is 15.3. The highest BCUT2D eigenvalue weighted by Crippen LogP contribution is 2.66. The van der Waals surface area contributed by atoms with E-state index < -0.39 is 5.60 Å². The molecular formula is C18H30O3. The van der Waals surface area contributed by atoms with Crippen LogP contribution in [-0.4, -0.2) is 23.8 Å². The second kappa shape index (κ2) is 4.71. The van der Waals surface area contributed by atoms with Crippen LogP contribution in [0, 0.1) is 28.6 Å².